The molecule has 2 aromatic rings. The Balaban J connectivity index is 1.57. The van der Waals surface area contributed by atoms with E-state index in [1.165, 1.54) is 0 Å². The molecule has 1 aliphatic heterocycles. The monoisotopic (exact) mass is 484 g/mol. The van der Waals surface area contributed by atoms with Crippen molar-refractivity contribution in [2.75, 3.05) is 6.61 Å². The van der Waals surface area contributed by atoms with Gasteiger partial charge in [-0.15, -0.1) is 0 Å². The molecule has 0 radical (unpaired) electrons. The van der Waals surface area contributed by atoms with Crippen LogP contribution in [0.1, 0.15) is 51.2 Å². The van der Waals surface area contributed by atoms with Gasteiger partial charge in [-0.05, 0) is 63.1 Å². The number of amides is 1. The maximum atomic E-state index is 11.3. The summed E-state index contributed by atoms with van der Waals surface area (Å²) in [4.78, 5) is 11.3. The standard InChI is InChI=1S/C25H29ClN4O4/c1-16(31)24(34-21-7-5-4-6-18(21)15-27)28-25(2,3)12-13-33-22-10-8-17(14-19(22)26)20-9-11-23(32)30-29-20/h4-8,10,14,16,24,28,31H,9,11-13H2,1-3H3,(H,30,32)/t16-,24?/m0/s1. The van der Waals surface area contributed by atoms with E-state index < -0.39 is 17.9 Å². The summed E-state index contributed by atoms with van der Waals surface area (Å²) in [7, 11) is 0. The molecule has 1 unspecified atom stereocenters. The Bertz CT molecular complexity index is 1090. The second kappa shape index (κ2) is 11.3. The number of benzene rings is 2. The number of para-hydroxylation sites is 1. The molecule has 1 aliphatic rings. The lowest BCUT2D eigenvalue weighted by Crippen LogP contribution is -2.53. The van der Waals surface area contributed by atoms with Gasteiger partial charge in [0.25, 0.3) is 0 Å². The highest BCUT2D eigenvalue weighted by atomic mass is 35.5. The summed E-state index contributed by atoms with van der Waals surface area (Å²) < 4.78 is 11.8. The third kappa shape index (κ3) is 6.94. The number of carbonyl (C=O) groups is 1. The van der Waals surface area contributed by atoms with Crippen LogP contribution in [0, 0.1) is 11.3 Å². The molecule has 0 bridgehead atoms. The van der Waals surface area contributed by atoms with Gasteiger partial charge >= 0.3 is 0 Å². The number of nitrogens with zero attached hydrogens (tertiary/aromatic N) is 2. The van der Waals surface area contributed by atoms with Crippen molar-refractivity contribution in [2.45, 2.75) is 57.9 Å². The summed E-state index contributed by atoms with van der Waals surface area (Å²) in [5.41, 5.74) is 4.05. The predicted octanol–water partition coefficient (Wildman–Crippen LogP) is 3.75. The summed E-state index contributed by atoms with van der Waals surface area (Å²) in [6, 6.07) is 14.4. The average Bonchev–Trinajstić information content (AvgIpc) is 2.80. The summed E-state index contributed by atoms with van der Waals surface area (Å²) in [6.45, 7) is 5.96. The van der Waals surface area contributed by atoms with Gasteiger partial charge in [0, 0.05) is 18.4 Å². The largest absolute Gasteiger partial charge is 0.492 e. The number of halogens is 1. The molecule has 3 N–H and O–H groups in total. The van der Waals surface area contributed by atoms with Crippen molar-refractivity contribution < 1.29 is 19.4 Å². The topological polar surface area (TPSA) is 116 Å². The highest BCUT2D eigenvalue weighted by Gasteiger charge is 2.27. The maximum Gasteiger partial charge on any atom is 0.240 e. The van der Waals surface area contributed by atoms with Crippen LogP contribution in [-0.2, 0) is 4.79 Å². The Labute approximate surface area is 204 Å². The van der Waals surface area contributed by atoms with Crippen molar-refractivity contribution >= 4 is 23.2 Å². The summed E-state index contributed by atoms with van der Waals surface area (Å²) in [5.74, 6) is 0.862. The molecule has 0 saturated carbocycles. The van der Waals surface area contributed by atoms with Crippen LogP contribution in [0.5, 0.6) is 11.5 Å². The number of carbonyl (C=O) groups excluding carboxylic acids is 1. The first-order chi connectivity index (χ1) is 16.2. The number of nitriles is 1. The van der Waals surface area contributed by atoms with E-state index in [-0.39, 0.29) is 5.91 Å². The number of aliphatic hydroxyl groups is 1. The maximum absolute atomic E-state index is 11.3. The Hall–Kier alpha value is -3.12. The van der Waals surface area contributed by atoms with Gasteiger partial charge in [-0.2, -0.15) is 10.4 Å². The van der Waals surface area contributed by atoms with Crippen LogP contribution < -0.4 is 20.2 Å². The van der Waals surface area contributed by atoms with Crippen LogP contribution in [0.3, 0.4) is 0 Å². The average molecular weight is 485 g/mol. The highest BCUT2D eigenvalue weighted by Crippen LogP contribution is 2.27. The normalized spacial score (nSPS) is 15.5. The van der Waals surface area contributed by atoms with Crippen molar-refractivity contribution in [1.29, 1.82) is 5.26 Å². The molecule has 2 aromatic carbocycles. The van der Waals surface area contributed by atoms with Crippen LogP contribution in [-0.4, -0.2) is 41.2 Å². The van der Waals surface area contributed by atoms with E-state index in [1.807, 2.05) is 19.9 Å². The smallest absolute Gasteiger partial charge is 0.240 e. The number of rotatable bonds is 10. The summed E-state index contributed by atoms with van der Waals surface area (Å²) >= 11 is 6.41. The fraction of sp³-hybridized carbons (Fsp3) is 0.400. The van der Waals surface area contributed by atoms with Gasteiger partial charge in [0.15, 0.2) is 6.23 Å². The SMILES string of the molecule is C[C@H](O)C(NC(C)(C)CCOc1ccc(C2=NNC(=O)CC2)cc1Cl)Oc1ccccc1C#N. The first-order valence-electron chi connectivity index (χ1n) is 11.1. The van der Waals surface area contributed by atoms with E-state index in [1.54, 1.807) is 43.3 Å². The molecule has 0 aromatic heterocycles. The van der Waals surface area contributed by atoms with Gasteiger partial charge in [0.05, 0.1) is 22.9 Å². The molecule has 0 fully saturated rings. The Kier molecular flexibility index (Phi) is 8.51. The van der Waals surface area contributed by atoms with Gasteiger partial charge in [-0.25, -0.2) is 5.43 Å². The zero-order valence-electron chi connectivity index (χ0n) is 19.5. The molecule has 8 nitrogen and oxygen atoms in total. The molecule has 3 rings (SSSR count). The molecule has 1 heterocycles. The molecule has 9 heteroatoms. The van der Waals surface area contributed by atoms with Crippen LogP contribution >= 0.6 is 11.6 Å². The molecular formula is C25H29ClN4O4. The zero-order valence-corrected chi connectivity index (χ0v) is 20.2. The minimum atomic E-state index is -0.818. The molecule has 0 saturated heterocycles. The molecule has 1 amide bonds. The van der Waals surface area contributed by atoms with E-state index in [9.17, 15) is 15.2 Å². The number of hydrogen-bond acceptors (Lipinski definition) is 7. The first kappa shape index (κ1) is 25.5. The van der Waals surface area contributed by atoms with Crippen LogP contribution in [0.15, 0.2) is 47.6 Å². The van der Waals surface area contributed by atoms with E-state index in [4.69, 9.17) is 21.1 Å². The molecular weight excluding hydrogens is 456 g/mol. The van der Waals surface area contributed by atoms with Crippen molar-refractivity contribution in [3.63, 3.8) is 0 Å². The first-order valence-corrected chi connectivity index (χ1v) is 11.5. The lowest BCUT2D eigenvalue weighted by molar-refractivity contribution is -0.121. The van der Waals surface area contributed by atoms with E-state index in [0.717, 1.165) is 11.3 Å². The fourth-order valence-corrected chi connectivity index (χ4v) is 3.64. The van der Waals surface area contributed by atoms with Gasteiger partial charge < -0.3 is 14.6 Å². The van der Waals surface area contributed by atoms with Crippen molar-refractivity contribution in [2.24, 2.45) is 5.10 Å². The van der Waals surface area contributed by atoms with Crippen molar-refractivity contribution in [1.82, 2.24) is 10.7 Å². The second-order valence-electron chi connectivity index (χ2n) is 8.75. The van der Waals surface area contributed by atoms with Gasteiger partial charge in [-0.3, -0.25) is 10.1 Å². The number of ether oxygens (including phenoxy) is 2. The summed E-state index contributed by atoms with van der Waals surface area (Å²) in [6.07, 6.45) is 0.0190. The molecule has 0 spiro atoms. The van der Waals surface area contributed by atoms with Crippen molar-refractivity contribution in [3.05, 3.63) is 58.6 Å². The third-order valence-corrected chi connectivity index (χ3v) is 5.68. The van der Waals surface area contributed by atoms with Gasteiger partial charge in [0.2, 0.25) is 5.91 Å². The Morgan fingerprint density at radius 1 is 1.26 bits per heavy atom. The molecule has 34 heavy (non-hydrogen) atoms. The van der Waals surface area contributed by atoms with Crippen LogP contribution in [0.25, 0.3) is 0 Å². The highest BCUT2D eigenvalue weighted by molar-refractivity contribution is 6.32. The van der Waals surface area contributed by atoms with Crippen molar-refractivity contribution in [3.8, 4) is 17.6 Å². The lowest BCUT2D eigenvalue weighted by Gasteiger charge is -2.33. The van der Waals surface area contributed by atoms with E-state index in [2.05, 4.69) is 21.9 Å². The predicted molar refractivity (Wildman–Crippen MR) is 130 cm³/mol. The van der Waals surface area contributed by atoms with Crippen LogP contribution in [0.2, 0.25) is 5.02 Å². The second-order valence-corrected chi connectivity index (χ2v) is 9.16. The van der Waals surface area contributed by atoms with E-state index >= 15 is 0 Å². The quantitative estimate of drug-likeness (QED) is 0.442. The van der Waals surface area contributed by atoms with Gasteiger partial charge in [-0.1, -0.05) is 23.7 Å². The minimum absolute atomic E-state index is 0.0940. The molecule has 2 atom stereocenters. The Morgan fingerprint density at radius 2 is 2.03 bits per heavy atom. The lowest BCUT2D eigenvalue weighted by atomic mass is 10.0. The van der Waals surface area contributed by atoms with Crippen LogP contribution in [0.4, 0.5) is 0 Å². The zero-order chi connectivity index (χ0) is 24.7. The molecule has 0 aliphatic carbocycles. The Morgan fingerprint density at radius 3 is 2.68 bits per heavy atom. The van der Waals surface area contributed by atoms with E-state index in [0.29, 0.717) is 48.0 Å². The fourth-order valence-electron chi connectivity index (χ4n) is 3.40. The number of hydrazone groups is 1. The number of nitrogens with one attached hydrogen (secondary N) is 2. The number of hydrogen-bond donors (Lipinski definition) is 3. The minimum Gasteiger partial charge on any atom is -0.492 e. The third-order valence-electron chi connectivity index (χ3n) is 5.39. The van der Waals surface area contributed by atoms with Gasteiger partial charge in [0.1, 0.15) is 23.7 Å². The number of aliphatic hydroxyl groups excluding tert-OH is 1. The summed E-state index contributed by atoms with van der Waals surface area (Å²) in [5, 5.41) is 27.4. The molecule has 180 valence electrons.